The fourth-order valence-electron chi connectivity index (χ4n) is 2.45. The zero-order chi connectivity index (χ0) is 19.8. The normalized spacial score (nSPS) is 10.6. The molecular weight excluding hydrogens is 376 g/mol. The second kappa shape index (κ2) is 9.58. The predicted molar refractivity (Wildman–Crippen MR) is 110 cm³/mol. The summed E-state index contributed by atoms with van der Waals surface area (Å²) in [7, 11) is 1.58. The third-order valence-electron chi connectivity index (χ3n) is 3.91. The number of carbonyl (C=O) groups is 1. The van der Waals surface area contributed by atoms with Crippen LogP contribution in [-0.4, -0.2) is 19.2 Å². The van der Waals surface area contributed by atoms with Crippen LogP contribution in [-0.2, 0) is 6.61 Å². The molecule has 0 fully saturated rings. The van der Waals surface area contributed by atoms with Crippen molar-refractivity contribution in [3.63, 3.8) is 0 Å². The Balaban J connectivity index is 1.61. The second-order valence-electron chi connectivity index (χ2n) is 5.89. The van der Waals surface area contributed by atoms with Crippen LogP contribution in [0, 0.1) is 0 Å². The van der Waals surface area contributed by atoms with Crippen molar-refractivity contribution in [3.05, 3.63) is 94.5 Å². The summed E-state index contributed by atoms with van der Waals surface area (Å²) in [6.45, 7) is 0.446. The lowest BCUT2D eigenvalue weighted by Crippen LogP contribution is -2.17. The van der Waals surface area contributed by atoms with Gasteiger partial charge in [-0.25, -0.2) is 5.43 Å². The van der Waals surface area contributed by atoms with Crippen molar-refractivity contribution < 1.29 is 14.3 Å². The fourth-order valence-corrected chi connectivity index (χ4v) is 2.58. The van der Waals surface area contributed by atoms with E-state index >= 15 is 0 Å². The molecule has 0 aliphatic carbocycles. The number of nitrogens with zero attached hydrogens (tertiary/aromatic N) is 1. The van der Waals surface area contributed by atoms with E-state index in [1.165, 1.54) is 6.21 Å². The second-order valence-corrected chi connectivity index (χ2v) is 6.33. The minimum Gasteiger partial charge on any atom is -0.493 e. The Bertz CT molecular complexity index is 957. The van der Waals surface area contributed by atoms with Gasteiger partial charge in [-0.05, 0) is 53.6 Å². The van der Waals surface area contributed by atoms with Crippen molar-refractivity contribution in [2.45, 2.75) is 6.61 Å². The van der Waals surface area contributed by atoms with E-state index < -0.39 is 0 Å². The van der Waals surface area contributed by atoms with Crippen LogP contribution in [0.15, 0.2) is 77.9 Å². The van der Waals surface area contributed by atoms with Crippen LogP contribution in [0.4, 0.5) is 0 Å². The maximum atomic E-state index is 12.0. The Morgan fingerprint density at radius 2 is 1.79 bits per heavy atom. The SMILES string of the molecule is COc1cc(/C=N\NC(=O)c2ccc(Cl)cc2)ccc1OCc1ccccc1. The molecule has 3 aromatic rings. The number of benzene rings is 3. The van der Waals surface area contributed by atoms with Gasteiger partial charge in [-0.1, -0.05) is 41.9 Å². The number of hydrazone groups is 1. The predicted octanol–water partition coefficient (Wildman–Crippen LogP) is 4.69. The highest BCUT2D eigenvalue weighted by Gasteiger charge is 2.06. The summed E-state index contributed by atoms with van der Waals surface area (Å²) in [6.07, 6.45) is 1.54. The first kappa shape index (κ1) is 19.5. The van der Waals surface area contributed by atoms with E-state index in [-0.39, 0.29) is 5.91 Å². The van der Waals surface area contributed by atoms with E-state index in [1.807, 2.05) is 42.5 Å². The minimum absolute atomic E-state index is 0.317. The summed E-state index contributed by atoms with van der Waals surface area (Å²) in [6, 6.07) is 21.9. The molecule has 3 rings (SSSR count). The number of halogens is 1. The molecular formula is C22H19ClN2O3. The Hall–Kier alpha value is -3.31. The number of hydrogen-bond acceptors (Lipinski definition) is 4. The van der Waals surface area contributed by atoms with Crippen molar-refractivity contribution in [3.8, 4) is 11.5 Å². The van der Waals surface area contributed by atoms with E-state index in [1.54, 1.807) is 37.4 Å². The van der Waals surface area contributed by atoms with Gasteiger partial charge in [-0.2, -0.15) is 5.10 Å². The third kappa shape index (κ3) is 5.34. The summed E-state index contributed by atoms with van der Waals surface area (Å²) in [5.41, 5.74) is 4.79. The van der Waals surface area contributed by atoms with Crippen LogP contribution in [0.3, 0.4) is 0 Å². The average Bonchev–Trinajstić information content (AvgIpc) is 2.73. The molecule has 28 heavy (non-hydrogen) atoms. The van der Waals surface area contributed by atoms with Crippen molar-refractivity contribution in [2.24, 2.45) is 5.10 Å². The highest BCUT2D eigenvalue weighted by atomic mass is 35.5. The van der Waals surface area contributed by atoms with Gasteiger partial charge >= 0.3 is 0 Å². The highest BCUT2D eigenvalue weighted by molar-refractivity contribution is 6.30. The van der Waals surface area contributed by atoms with Gasteiger partial charge in [0.25, 0.3) is 5.91 Å². The average molecular weight is 395 g/mol. The maximum Gasteiger partial charge on any atom is 0.271 e. The Labute approximate surface area is 168 Å². The van der Waals surface area contributed by atoms with Crippen molar-refractivity contribution >= 4 is 23.7 Å². The number of amides is 1. The molecule has 0 aliphatic heterocycles. The first-order chi connectivity index (χ1) is 13.7. The van der Waals surface area contributed by atoms with Gasteiger partial charge in [0.2, 0.25) is 0 Å². The molecule has 0 saturated carbocycles. The molecule has 3 aromatic carbocycles. The van der Waals surface area contributed by atoms with Crippen LogP contribution in [0.25, 0.3) is 0 Å². The van der Waals surface area contributed by atoms with E-state index in [4.69, 9.17) is 21.1 Å². The molecule has 0 bridgehead atoms. The largest absolute Gasteiger partial charge is 0.493 e. The monoisotopic (exact) mass is 394 g/mol. The van der Waals surface area contributed by atoms with Crippen molar-refractivity contribution in [2.75, 3.05) is 7.11 Å². The Kier molecular flexibility index (Phi) is 6.65. The quantitative estimate of drug-likeness (QED) is 0.467. The smallest absolute Gasteiger partial charge is 0.271 e. The minimum atomic E-state index is -0.317. The van der Waals surface area contributed by atoms with Gasteiger partial charge in [-0.3, -0.25) is 4.79 Å². The molecule has 6 heteroatoms. The van der Waals surface area contributed by atoms with Gasteiger partial charge in [0.15, 0.2) is 11.5 Å². The summed E-state index contributed by atoms with van der Waals surface area (Å²) >= 11 is 5.82. The molecule has 0 radical (unpaired) electrons. The van der Waals surface area contributed by atoms with Crippen LogP contribution in [0.1, 0.15) is 21.5 Å². The van der Waals surface area contributed by atoms with Crippen LogP contribution >= 0.6 is 11.6 Å². The molecule has 142 valence electrons. The van der Waals surface area contributed by atoms with Gasteiger partial charge in [0, 0.05) is 10.6 Å². The molecule has 0 spiro atoms. The third-order valence-corrected chi connectivity index (χ3v) is 4.16. The lowest BCUT2D eigenvalue weighted by Gasteiger charge is -2.11. The zero-order valence-electron chi connectivity index (χ0n) is 15.3. The number of rotatable bonds is 7. The number of carbonyl (C=O) groups excluding carboxylic acids is 1. The first-order valence-corrected chi connectivity index (χ1v) is 8.97. The van der Waals surface area contributed by atoms with Crippen LogP contribution in [0.5, 0.6) is 11.5 Å². The molecule has 0 unspecified atom stereocenters. The summed E-state index contributed by atoms with van der Waals surface area (Å²) in [5, 5.41) is 4.56. The molecule has 1 N–H and O–H groups in total. The Morgan fingerprint density at radius 1 is 1.04 bits per heavy atom. The number of methoxy groups -OCH3 is 1. The fraction of sp³-hybridized carbons (Fsp3) is 0.0909. The summed E-state index contributed by atoms with van der Waals surface area (Å²) in [5.74, 6) is 0.903. The van der Waals surface area contributed by atoms with Crippen molar-refractivity contribution in [1.29, 1.82) is 0 Å². The zero-order valence-corrected chi connectivity index (χ0v) is 16.0. The Morgan fingerprint density at radius 3 is 2.50 bits per heavy atom. The lowest BCUT2D eigenvalue weighted by atomic mass is 10.2. The topological polar surface area (TPSA) is 59.9 Å². The van der Waals surface area contributed by atoms with E-state index in [0.717, 1.165) is 11.1 Å². The molecule has 0 aliphatic rings. The van der Waals surface area contributed by atoms with Gasteiger partial charge < -0.3 is 9.47 Å². The molecule has 0 atom stereocenters. The van der Waals surface area contributed by atoms with Crippen molar-refractivity contribution in [1.82, 2.24) is 5.43 Å². The number of ether oxygens (including phenoxy) is 2. The molecule has 1 amide bonds. The maximum absolute atomic E-state index is 12.0. The van der Waals surface area contributed by atoms with E-state index in [2.05, 4.69) is 10.5 Å². The summed E-state index contributed by atoms with van der Waals surface area (Å²) < 4.78 is 11.2. The molecule has 0 saturated heterocycles. The summed E-state index contributed by atoms with van der Waals surface area (Å²) in [4.78, 5) is 12.0. The van der Waals surface area contributed by atoms with Gasteiger partial charge in [0.1, 0.15) is 6.61 Å². The van der Waals surface area contributed by atoms with Crippen LogP contribution in [0.2, 0.25) is 5.02 Å². The van der Waals surface area contributed by atoms with Gasteiger partial charge in [-0.15, -0.1) is 0 Å². The lowest BCUT2D eigenvalue weighted by molar-refractivity contribution is 0.0955. The molecule has 0 heterocycles. The number of hydrogen-bond donors (Lipinski definition) is 1. The van der Waals surface area contributed by atoms with Gasteiger partial charge in [0.05, 0.1) is 13.3 Å². The van der Waals surface area contributed by atoms with E-state index in [9.17, 15) is 4.79 Å². The number of nitrogens with one attached hydrogen (secondary N) is 1. The van der Waals surface area contributed by atoms with E-state index in [0.29, 0.717) is 28.7 Å². The standard InChI is InChI=1S/C22H19ClN2O3/c1-27-21-13-17(7-12-20(21)28-15-16-5-3-2-4-6-16)14-24-25-22(26)18-8-10-19(23)11-9-18/h2-14H,15H2,1H3,(H,25,26)/b24-14-. The molecule has 5 nitrogen and oxygen atoms in total. The van der Waals surface area contributed by atoms with Crippen LogP contribution < -0.4 is 14.9 Å². The highest BCUT2D eigenvalue weighted by Crippen LogP contribution is 2.28. The first-order valence-electron chi connectivity index (χ1n) is 8.59. The molecule has 0 aromatic heterocycles.